The molecule has 0 aliphatic heterocycles. The van der Waals surface area contributed by atoms with Gasteiger partial charge in [0.1, 0.15) is 6.61 Å². The maximum absolute atomic E-state index is 11.9. The van der Waals surface area contributed by atoms with Crippen LogP contribution in [0.25, 0.3) is 0 Å². The normalized spacial score (nSPS) is 23.2. The molecule has 1 aliphatic rings. The Bertz CT molecular complexity index is 386. The molecule has 2 heteroatoms. The Morgan fingerprint density at radius 2 is 1.95 bits per heavy atom. The van der Waals surface area contributed by atoms with Crippen LogP contribution in [0.4, 0.5) is 0 Å². The molecule has 1 aromatic rings. The van der Waals surface area contributed by atoms with Crippen molar-refractivity contribution in [1.82, 2.24) is 0 Å². The van der Waals surface area contributed by atoms with Gasteiger partial charge in [-0.3, -0.25) is 4.79 Å². The Labute approximate surface area is 116 Å². The third-order valence-corrected chi connectivity index (χ3v) is 4.07. The number of hydrogen-bond donors (Lipinski definition) is 0. The van der Waals surface area contributed by atoms with Gasteiger partial charge >= 0.3 is 0 Å². The lowest BCUT2D eigenvalue weighted by Crippen LogP contribution is -2.29. The topological polar surface area (TPSA) is 26.3 Å². The number of carbonyl (C=O) groups is 1. The molecule has 0 radical (unpaired) electrons. The smallest absolute Gasteiger partial charge is 0.162 e. The van der Waals surface area contributed by atoms with Crippen LogP contribution < -0.4 is 0 Å². The first-order valence-corrected chi connectivity index (χ1v) is 7.47. The molecule has 1 fully saturated rings. The van der Waals surface area contributed by atoms with Gasteiger partial charge in [-0.1, -0.05) is 56.5 Å². The van der Waals surface area contributed by atoms with Gasteiger partial charge in [0.2, 0.25) is 0 Å². The lowest BCUT2D eigenvalue weighted by Gasteiger charge is -2.30. The molecule has 1 saturated carbocycles. The number of Topliss-reactive ketones (excluding diaryl/α,β-unsaturated/α-hetero) is 1. The van der Waals surface area contributed by atoms with Crippen molar-refractivity contribution in [1.29, 1.82) is 0 Å². The van der Waals surface area contributed by atoms with E-state index in [2.05, 4.69) is 6.92 Å². The largest absolute Gasteiger partial charge is 0.370 e. The average Bonchev–Trinajstić information content (AvgIpc) is 2.46. The zero-order valence-corrected chi connectivity index (χ0v) is 11.8. The standard InChI is InChI=1S/C17H24O2/c1-2-15-10-6-7-11-17(15)19-13-16(18)12-14-8-4-3-5-9-14/h3-5,8-9,15,17H,2,6-7,10-13H2,1H3. The predicted molar refractivity (Wildman–Crippen MR) is 77.1 cm³/mol. The molecular formula is C17H24O2. The molecule has 1 aromatic carbocycles. The highest BCUT2D eigenvalue weighted by Gasteiger charge is 2.24. The first kappa shape index (κ1) is 14.3. The molecule has 2 unspecified atom stereocenters. The minimum atomic E-state index is 0.187. The fourth-order valence-electron chi connectivity index (χ4n) is 2.93. The first-order valence-electron chi connectivity index (χ1n) is 7.47. The molecule has 0 spiro atoms. The summed E-state index contributed by atoms with van der Waals surface area (Å²) in [6, 6.07) is 9.90. The summed E-state index contributed by atoms with van der Waals surface area (Å²) in [5.41, 5.74) is 1.08. The van der Waals surface area contributed by atoms with Gasteiger partial charge in [-0.2, -0.15) is 0 Å². The highest BCUT2D eigenvalue weighted by Crippen LogP contribution is 2.29. The van der Waals surface area contributed by atoms with Gasteiger partial charge in [-0.25, -0.2) is 0 Å². The Hall–Kier alpha value is -1.15. The molecule has 0 heterocycles. The lowest BCUT2D eigenvalue weighted by molar-refractivity contribution is -0.127. The van der Waals surface area contributed by atoms with Crippen LogP contribution in [0.1, 0.15) is 44.6 Å². The van der Waals surface area contributed by atoms with Crippen LogP contribution in [0.15, 0.2) is 30.3 Å². The summed E-state index contributed by atoms with van der Waals surface area (Å²) >= 11 is 0. The lowest BCUT2D eigenvalue weighted by atomic mass is 9.85. The Kier molecular flexibility index (Phi) is 5.59. The van der Waals surface area contributed by atoms with Crippen LogP contribution in [0, 0.1) is 5.92 Å². The van der Waals surface area contributed by atoms with Crippen LogP contribution in [0.5, 0.6) is 0 Å². The van der Waals surface area contributed by atoms with E-state index in [9.17, 15) is 4.79 Å². The predicted octanol–water partition coefficient (Wildman–Crippen LogP) is 3.78. The number of carbonyl (C=O) groups excluding carboxylic acids is 1. The third-order valence-electron chi connectivity index (χ3n) is 4.07. The van der Waals surface area contributed by atoms with Gasteiger partial charge < -0.3 is 4.74 Å². The van der Waals surface area contributed by atoms with Crippen molar-refractivity contribution >= 4 is 5.78 Å². The summed E-state index contributed by atoms with van der Waals surface area (Å²) in [7, 11) is 0. The summed E-state index contributed by atoms with van der Waals surface area (Å²) in [5, 5.41) is 0. The quantitative estimate of drug-likeness (QED) is 0.778. The van der Waals surface area contributed by atoms with Crippen molar-refractivity contribution in [3.05, 3.63) is 35.9 Å². The first-order chi connectivity index (χ1) is 9.29. The van der Waals surface area contributed by atoms with Crippen LogP contribution in [0.2, 0.25) is 0 Å². The van der Waals surface area contributed by atoms with E-state index in [0.29, 0.717) is 18.4 Å². The molecule has 2 nitrogen and oxygen atoms in total. The van der Waals surface area contributed by atoms with E-state index in [4.69, 9.17) is 4.74 Å². The van der Waals surface area contributed by atoms with Gasteiger partial charge in [-0.05, 0) is 24.3 Å². The van der Waals surface area contributed by atoms with Gasteiger partial charge in [0, 0.05) is 6.42 Å². The van der Waals surface area contributed by atoms with E-state index in [1.165, 1.54) is 19.3 Å². The van der Waals surface area contributed by atoms with Crippen molar-refractivity contribution in [3.8, 4) is 0 Å². The summed E-state index contributed by atoms with van der Waals surface area (Å²) in [6.45, 7) is 2.49. The number of rotatable bonds is 6. The Morgan fingerprint density at radius 1 is 1.21 bits per heavy atom. The highest BCUT2D eigenvalue weighted by atomic mass is 16.5. The van der Waals surface area contributed by atoms with E-state index in [1.54, 1.807) is 0 Å². The van der Waals surface area contributed by atoms with E-state index < -0.39 is 0 Å². The molecule has 2 rings (SSSR count). The molecular weight excluding hydrogens is 236 g/mol. The maximum atomic E-state index is 11.9. The highest BCUT2D eigenvalue weighted by molar-refractivity contribution is 5.82. The number of ether oxygens (including phenoxy) is 1. The van der Waals surface area contributed by atoms with Gasteiger partial charge in [-0.15, -0.1) is 0 Å². The molecule has 0 bridgehead atoms. The fraction of sp³-hybridized carbons (Fsp3) is 0.588. The Balaban J connectivity index is 1.76. The molecule has 1 aliphatic carbocycles. The second-order valence-corrected chi connectivity index (χ2v) is 5.50. The summed E-state index contributed by atoms with van der Waals surface area (Å²) < 4.78 is 5.87. The van der Waals surface area contributed by atoms with Crippen molar-refractivity contribution in [2.45, 2.75) is 51.6 Å². The van der Waals surface area contributed by atoms with Crippen molar-refractivity contribution < 1.29 is 9.53 Å². The van der Waals surface area contributed by atoms with Crippen LogP contribution in [-0.2, 0) is 16.0 Å². The van der Waals surface area contributed by atoms with Gasteiger partial charge in [0.25, 0.3) is 0 Å². The van der Waals surface area contributed by atoms with E-state index in [0.717, 1.165) is 18.4 Å². The van der Waals surface area contributed by atoms with Crippen molar-refractivity contribution in [2.24, 2.45) is 5.92 Å². The molecule has 104 valence electrons. The zero-order chi connectivity index (χ0) is 13.5. The molecule has 0 saturated heterocycles. The number of ketones is 1. The molecule has 19 heavy (non-hydrogen) atoms. The van der Waals surface area contributed by atoms with Crippen LogP contribution >= 0.6 is 0 Å². The van der Waals surface area contributed by atoms with E-state index in [1.807, 2.05) is 30.3 Å². The molecule has 2 atom stereocenters. The summed E-state index contributed by atoms with van der Waals surface area (Å²) in [6.07, 6.45) is 6.90. The van der Waals surface area contributed by atoms with Crippen molar-refractivity contribution in [3.63, 3.8) is 0 Å². The minimum absolute atomic E-state index is 0.187. The van der Waals surface area contributed by atoms with Gasteiger partial charge in [0.15, 0.2) is 5.78 Å². The molecule has 0 aromatic heterocycles. The molecule has 0 N–H and O–H groups in total. The van der Waals surface area contributed by atoms with Gasteiger partial charge in [0.05, 0.1) is 6.10 Å². The van der Waals surface area contributed by atoms with Crippen molar-refractivity contribution in [2.75, 3.05) is 6.61 Å². The van der Waals surface area contributed by atoms with Crippen LogP contribution in [-0.4, -0.2) is 18.5 Å². The summed E-state index contributed by atoms with van der Waals surface area (Å²) in [4.78, 5) is 11.9. The second kappa shape index (κ2) is 7.44. The zero-order valence-electron chi connectivity index (χ0n) is 11.8. The SMILES string of the molecule is CCC1CCCCC1OCC(=O)Cc1ccccc1. The van der Waals surface area contributed by atoms with Crippen LogP contribution in [0.3, 0.4) is 0 Å². The van der Waals surface area contributed by atoms with E-state index in [-0.39, 0.29) is 12.4 Å². The monoisotopic (exact) mass is 260 g/mol. The number of hydrogen-bond acceptors (Lipinski definition) is 2. The fourth-order valence-corrected chi connectivity index (χ4v) is 2.93. The second-order valence-electron chi connectivity index (χ2n) is 5.50. The maximum Gasteiger partial charge on any atom is 0.162 e. The minimum Gasteiger partial charge on any atom is -0.370 e. The number of benzene rings is 1. The molecule has 0 amide bonds. The third kappa shape index (κ3) is 4.46. The Morgan fingerprint density at radius 3 is 2.68 bits per heavy atom. The average molecular weight is 260 g/mol. The van der Waals surface area contributed by atoms with E-state index >= 15 is 0 Å². The summed E-state index contributed by atoms with van der Waals surface area (Å²) in [5.74, 6) is 0.838.